The molecule has 0 aliphatic carbocycles. The first-order chi connectivity index (χ1) is 9.51. The monoisotopic (exact) mass is 369 g/mol. The van der Waals surface area contributed by atoms with Crippen molar-refractivity contribution >= 4 is 50.7 Å². The zero-order chi connectivity index (χ0) is 14.7. The van der Waals surface area contributed by atoms with Gasteiger partial charge in [0.25, 0.3) is 5.91 Å². The van der Waals surface area contributed by atoms with Gasteiger partial charge in [-0.3, -0.25) is 4.79 Å². The quantitative estimate of drug-likeness (QED) is 0.802. The van der Waals surface area contributed by atoms with E-state index in [-0.39, 0.29) is 15.7 Å². The number of amides is 1. The van der Waals surface area contributed by atoms with E-state index in [4.69, 9.17) is 28.5 Å². The summed E-state index contributed by atoms with van der Waals surface area (Å²) in [5.41, 5.74) is 1.24. The van der Waals surface area contributed by atoms with Crippen molar-refractivity contribution in [3.05, 3.63) is 56.2 Å². The Bertz CT molecular complexity index is 728. The zero-order valence-electron chi connectivity index (χ0n) is 9.82. The molecule has 100 valence electrons. The molecule has 0 atom stereocenters. The number of halogens is 3. The van der Waals surface area contributed by atoms with Gasteiger partial charge in [0.15, 0.2) is 0 Å². The van der Waals surface area contributed by atoms with Gasteiger partial charge in [-0.15, -0.1) is 0 Å². The van der Waals surface area contributed by atoms with Crippen LogP contribution in [0.2, 0.25) is 10.2 Å². The van der Waals surface area contributed by atoms with Gasteiger partial charge < -0.3 is 5.32 Å². The highest BCUT2D eigenvalue weighted by atomic mass is 79.9. The van der Waals surface area contributed by atoms with E-state index in [1.165, 1.54) is 12.3 Å². The van der Waals surface area contributed by atoms with Crippen LogP contribution in [0.15, 0.2) is 34.9 Å². The van der Waals surface area contributed by atoms with Gasteiger partial charge in [0.1, 0.15) is 5.15 Å². The zero-order valence-corrected chi connectivity index (χ0v) is 12.9. The van der Waals surface area contributed by atoms with Crippen LogP contribution < -0.4 is 5.32 Å². The van der Waals surface area contributed by atoms with Crippen LogP contribution in [0.1, 0.15) is 15.9 Å². The molecule has 1 heterocycles. The van der Waals surface area contributed by atoms with Gasteiger partial charge in [-0.1, -0.05) is 23.2 Å². The second kappa shape index (κ2) is 6.23. The van der Waals surface area contributed by atoms with Crippen molar-refractivity contribution in [3.8, 4) is 6.07 Å². The highest BCUT2D eigenvalue weighted by Crippen LogP contribution is 2.25. The fourth-order valence-corrected chi connectivity index (χ4v) is 2.29. The Morgan fingerprint density at radius 2 is 2.10 bits per heavy atom. The number of anilines is 1. The Balaban J connectivity index is 2.28. The maximum absolute atomic E-state index is 12.1. The number of aromatic nitrogens is 1. The van der Waals surface area contributed by atoms with Gasteiger partial charge in [-0.05, 0) is 40.2 Å². The molecule has 0 bridgehead atoms. The third kappa shape index (κ3) is 3.28. The van der Waals surface area contributed by atoms with Gasteiger partial charge in [-0.25, -0.2) is 4.98 Å². The number of nitrogens with one attached hydrogen (secondary N) is 1. The molecule has 2 rings (SSSR count). The predicted molar refractivity (Wildman–Crippen MR) is 81.1 cm³/mol. The minimum atomic E-state index is -0.412. The number of rotatable bonds is 2. The Hall–Kier alpha value is -1.61. The molecular formula is C13H6BrCl2N3O. The Morgan fingerprint density at radius 3 is 2.75 bits per heavy atom. The van der Waals surface area contributed by atoms with Crippen molar-refractivity contribution in [1.82, 2.24) is 4.98 Å². The van der Waals surface area contributed by atoms with Crippen LogP contribution in [0, 0.1) is 11.3 Å². The summed E-state index contributed by atoms with van der Waals surface area (Å²) in [6, 6.07) is 8.22. The number of carbonyl (C=O) groups excluding carboxylic acids is 1. The highest BCUT2D eigenvalue weighted by molar-refractivity contribution is 9.10. The van der Waals surface area contributed by atoms with Crippen LogP contribution in [0.5, 0.6) is 0 Å². The molecule has 4 nitrogen and oxygen atoms in total. The molecule has 20 heavy (non-hydrogen) atoms. The summed E-state index contributed by atoms with van der Waals surface area (Å²) in [5.74, 6) is -0.412. The average molecular weight is 371 g/mol. The number of nitriles is 1. The van der Waals surface area contributed by atoms with Crippen LogP contribution in [-0.2, 0) is 0 Å². The standard InChI is InChI=1S/C13H6BrCl2N3O/c14-9-3-7(5-17)1-2-11(9)19-13(20)8-4-12(16)18-6-10(8)15/h1-4,6H,(H,19,20). The van der Waals surface area contributed by atoms with Gasteiger partial charge in [0.05, 0.1) is 27.9 Å². The van der Waals surface area contributed by atoms with E-state index in [2.05, 4.69) is 26.2 Å². The third-order valence-electron chi connectivity index (χ3n) is 2.41. The molecule has 1 aromatic heterocycles. The van der Waals surface area contributed by atoms with Gasteiger partial charge >= 0.3 is 0 Å². The van der Waals surface area contributed by atoms with Crippen LogP contribution >= 0.6 is 39.1 Å². The smallest absolute Gasteiger partial charge is 0.257 e. The number of hydrogen-bond acceptors (Lipinski definition) is 3. The van der Waals surface area contributed by atoms with Crippen LogP contribution in [0.25, 0.3) is 0 Å². The summed E-state index contributed by atoms with van der Waals surface area (Å²) < 4.78 is 0.598. The molecule has 0 radical (unpaired) electrons. The lowest BCUT2D eigenvalue weighted by Gasteiger charge is -2.08. The first-order valence-electron chi connectivity index (χ1n) is 5.33. The van der Waals surface area contributed by atoms with E-state index in [0.717, 1.165) is 0 Å². The number of pyridine rings is 1. The lowest BCUT2D eigenvalue weighted by Crippen LogP contribution is -2.13. The molecule has 1 aromatic carbocycles. The van der Waals surface area contributed by atoms with Crippen molar-refractivity contribution < 1.29 is 4.79 Å². The van der Waals surface area contributed by atoms with E-state index in [0.29, 0.717) is 15.7 Å². The highest BCUT2D eigenvalue weighted by Gasteiger charge is 2.13. The largest absolute Gasteiger partial charge is 0.321 e. The predicted octanol–water partition coefficient (Wildman–Crippen LogP) is 4.27. The third-order valence-corrected chi connectivity index (χ3v) is 3.58. The van der Waals surface area contributed by atoms with E-state index >= 15 is 0 Å². The lowest BCUT2D eigenvalue weighted by molar-refractivity contribution is 0.102. The van der Waals surface area contributed by atoms with Gasteiger partial charge in [0.2, 0.25) is 0 Å². The molecule has 0 spiro atoms. The lowest BCUT2D eigenvalue weighted by atomic mass is 10.2. The Labute approximate surface area is 133 Å². The SMILES string of the molecule is N#Cc1ccc(NC(=O)c2cc(Cl)ncc2Cl)c(Br)c1. The molecule has 1 amide bonds. The van der Waals surface area contributed by atoms with E-state index in [9.17, 15) is 4.79 Å². The molecule has 0 saturated heterocycles. The van der Waals surface area contributed by atoms with Gasteiger partial charge in [0, 0.05) is 10.7 Å². The van der Waals surface area contributed by atoms with E-state index < -0.39 is 5.91 Å². The molecule has 7 heteroatoms. The van der Waals surface area contributed by atoms with Crippen molar-refractivity contribution in [2.45, 2.75) is 0 Å². The van der Waals surface area contributed by atoms with Crippen LogP contribution in [0.4, 0.5) is 5.69 Å². The summed E-state index contributed by atoms with van der Waals surface area (Å²) >= 11 is 14.9. The average Bonchev–Trinajstić information content (AvgIpc) is 2.43. The maximum atomic E-state index is 12.1. The van der Waals surface area contributed by atoms with Crippen LogP contribution in [0.3, 0.4) is 0 Å². The fourth-order valence-electron chi connectivity index (χ4n) is 1.46. The van der Waals surface area contributed by atoms with E-state index in [1.54, 1.807) is 18.2 Å². The van der Waals surface area contributed by atoms with Crippen LogP contribution in [-0.4, -0.2) is 10.9 Å². The maximum Gasteiger partial charge on any atom is 0.257 e. The minimum Gasteiger partial charge on any atom is -0.321 e. The fraction of sp³-hybridized carbons (Fsp3) is 0. The Morgan fingerprint density at radius 1 is 1.35 bits per heavy atom. The second-order valence-corrected chi connectivity index (χ2v) is 5.40. The second-order valence-electron chi connectivity index (χ2n) is 3.75. The Kier molecular flexibility index (Phi) is 4.61. The summed E-state index contributed by atoms with van der Waals surface area (Å²) in [6.07, 6.45) is 1.31. The molecular weight excluding hydrogens is 365 g/mol. The van der Waals surface area contributed by atoms with E-state index in [1.807, 2.05) is 6.07 Å². The number of benzene rings is 1. The molecule has 0 aliphatic heterocycles. The van der Waals surface area contributed by atoms with Crippen molar-refractivity contribution in [3.63, 3.8) is 0 Å². The molecule has 0 aliphatic rings. The number of hydrogen-bond donors (Lipinski definition) is 1. The summed E-state index contributed by atoms with van der Waals surface area (Å²) in [6.45, 7) is 0. The summed E-state index contributed by atoms with van der Waals surface area (Å²) in [4.78, 5) is 15.9. The number of carbonyl (C=O) groups is 1. The first-order valence-corrected chi connectivity index (χ1v) is 6.88. The molecule has 1 N–H and O–H groups in total. The number of nitrogens with zero attached hydrogens (tertiary/aromatic N) is 2. The van der Waals surface area contributed by atoms with Gasteiger partial charge in [-0.2, -0.15) is 5.26 Å². The summed E-state index contributed by atoms with van der Waals surface area (Å²) in [7, 11) is 0. The van der Waals surface area contributed by atoms with Crippen molar-refractivity contribution in [1.29, 1.82) is 5.26 Å². The normalized spacial score (nSPS) is 9.90. The first kappa shape index (κ1) is 14.8. The molecule has 0 fully saturated rings. The summed E-state index contributed by atoms with van der Waals surface area (Å²) in [5, 5.41) is 11.8. The topological polar surface area (TPSA) is 65.8 Å². The molecule has 0 unspecified atom stereocenters. The van der Waals surface area contributed by atoms with Crippen molar-refractivity contribution in [2.24, 2.45) is 0 Å². The van der Waals surface area contributed by atoms with Crippen molar-refractivity contribution in [2.75, 3.05) is 5.32 Å². The molecule has 2 aromatic rings. The molecule has 0 saturated carbocycles. The minimum absolute atomic E-state index is 0.179.